The van der Waals surface area contributed by atoms with Gasteiger partial charge in [-0.05, 0) is 37.6 Å². The van der Waals surface area contributed by atoms with Crippen LogP contribution in [0.5, 0.6) is 0 Å². The molecule has 0 aromatic heterocycles. The third-order valence-corrected chi connectivity index (χ3v) is 2.62. The number of carbonyl (C=O) groups is 3. The van der Waals surface area contributed by atoms with E-state index in [-0.39, 0.29) is 24.2 Å². The second-order valence-electron chi connectivity index (χ2n) is 4.42. The van der Waals surface area contributed by atoms with Crippen molar-refractivity contribution in [3.63, 3.8) is 0 Å². The Bertz CT molecular complexity index is 497. The normalized spacial score (nSPS) is 9.81. The minimum atomic E-state index is -0.258. The van der Waals surface area contributed by atoms with E-state index in [0.717, 1.165) is 0 Å². The molecule has 0 fully saturated rings. The molecule has 6 nitrogen and oxygen atoms in total. The molecule has 1 aromatic carbocycles. The highest BCUT2D eigenvalue weighted by Crippen LogP contribution is 2.09. The van der Waals surface area contributed by atoms with E-state index in [1.807, 2.05) is 0 Å². The van der Waals surface area contributed by atoms with Crippen LogP contribution in [0.3, 0.4) is 0 Å². The highest BCUT2D eigenvalue weighted by Gasteiger charge is 2.06. The lowest BCUT2D eigenvalue weighted by molar-refractivity contribution is -0.143. The molecule has 1 rings (SSSR count). The van der Waals surface area contributed by atoms with Gasteiger partial charge in [-0.2, -0.15) is 0 Å². The summed E-state index contributed by atoms with van der Waals surface area (Å²) in [5.74, 6) is -0.634. The molecule has 0 saturated heterocycles. The number of esters is 1. The van der Waals surface area contributed by atoms with E-state index in [9.17, 15) is 14.4 Å². The maximum atomic E-state index is 11.8. The van der Waals surface area contributed by atoms with Crippen molar-refractivity contribution in [1.29, 1.82) is 0 Å². The number of carbonyl (C=O) groups excluding carboxylic acids is 3. The molecule has 0 atom stereocenters. The summed E-state index contributed by atoms with van der Waals surface area (Å²) in [5, 5.41) is 5.35. The summed E-state index contributed by atoms with van der Waals surface area (Å²) >= 11 is 0. The first-order valence-electron chi connectivity index (χ1n) is 6.84. The van der Waals surface area contributed by atoms with Crippen LogP contribution < -0.4 is 10.6 Å². The molecule has 0 aliphatic heterocycles. The minimum absolute atomic E-state index is 0.161. The van der Waals surface area contributed by atoms with Crippen molar-refractivity contribution in [3.8, 4) is 0 Å². The highest BCUT2D eigenvalue weighted by molar-refractivity contribution is 5.95. The molecule has 0 unspecified atom stereocenters. The van der Waals surface area contributed by atoms with Crippen molar-refractivity contribution in [3.05, 3.63) is 29.8 Å². The van der Waals surface area contributed by atoms with E-state index in [4.69, 9.17) is 4.74 Å². The molecule has 21 heavy (non-hydrogen) atoms. The Morgan fingerprint density at radius 2 is 1.81 bits per heavy atom. The molecule has 6 heteroatoms. The molecule has 114 valence electrons. The van der Waals surface area contributed by atoms with Gasteiger partial charge in [0, 0.05) is 31.1 Å². The highest BCUT2D eigenvalue weighted by atomic mass is 16.5. The molecular weight excluding hydrogens is 272 g/mol. The van der Waals surface area contributed by atoms with Gasteiger partial charge < -0.3 is 15.4 Å². The predicted molar refractivity (Wildman–Crippen MR) is 78.9 cm³/mol. The van der Waals surface area contributed by atoms with Gasteiger partial charge in [0.1, 0.15) is 0 Å². The molecule has 0 radical (unpaired) electrons. The van der Waals surface area contributed by atoms with Gasteiger partial charge in [0.15, 0.2) is 0 Å². The van der Waals surface area contributed by atoms with Crippen LogP contribution in [-0.4, -0.2) is 30.9 Å². The molecule has 0 aliphatic carbocycles. The van der Waals surface area contributed by atoms with Crippen molar-refractivity contribution < 1.29 is 19.1 Å². The lowest BCUT2D eigenvalue weighted by atomic mass is 10.2. The number of amides is 2. The molecule has 2 amide bonds. The maximum Gasteiger partial charge on any atom is 0.305 e. The zero-order valence-electron chi connectivity index (χ0n) is 12.3. The fourth-order valence-electron chi connectivity index (χ4n) is 1.68. The van der Waals surface area contributed by atoms with Gasteiger partial charge in [0.25, 0.3) is 5.91 Å². The Morgan fingerprint density at radius 3 is 2.38 bits per heavy atom. The van der Waals surface area contributed by atoms with E-state index in [2.05, 4.69) is 10.6 Å². The van der Waals surface area contributed by atoms with Crippen LogP contribution in [-0.2, 0) is 14.3 Å². The van der Waals surface area contributed by atoms with Crippen LogP contribution in [0.1, 0.15) is 37.0 Å². The van der Waals surface area contributed by atoms with Gasteiger partial charge in [-0.15, -0.1) is 0 Å². The number of hydrogen-bond acceptors (Lipinski definition) is 4. The lowest BCUT2D eigenvalue weighted by Gasteiger charge is -2.06. The Balaban J connectivity index is 2.35. The van der Waals surface area contributed by atoms with Gasteiger partial charge in [-0.1, -0.05) is 0 Å². The van der Waals surface area contributed by atoms with Gasteiger partial charge in [0.05, 0.1) is 6.61 Å². The van der Waals surface area contributed by atoms with Crippen LogP contribution in [0, 0.1) is 0 Å². The first kappa shape index (κ1) is 16.7. The number of rotatable bonds is 7. The molecule has 0 spiro atoms. The average molecular weight is 292 g/mol. The smallest absolute Gasteiger partial charge is 0.305 e. The number of benzene rings is 1. The van der Waals surface area contributed by atoms with E-state index in [1.165, 1.54) is 6.92 Å². The second-order valence-corrected chi connectivity index (χ2v) is 4.42. The molecular formula is C15H20N2O4. The Morgan fingerprint density at radius 1 is 1.14 bits per heavy atom. The van der Waals surface area contributed by atoms with Crippen molar-refractivity contribution in [1.82, 2.24) is 5.32 Å². The van der Waals surface area contributed by atoms with Crippen molar-refractivity contribution in [2.24, 2.45) is 0 Å². The zero-order chi connectivity index (χ0) is 15.7. The first-order chi connectivity index (χ1) is 10.0. The van der Waals surface area contributed by atoms with Gasteiger partial charge in [-0.3, -0.25) is 14.4 Å². The quantitative estimate of drug-likeness (QED) is 0.592. The monoisotopic (exact) mass is 292 g/mol. The summed E-state index contributed by atoms with van der Waals surface area (Å²) in [4.78, 5) is 33.8. The van der Waals surface area contributed by atoms with Crippen LogP contribution in [0.2, 0.25) is 0 Å². The fourth-order valence-corrected chi connectivity index (χ4v) is 1.68. The summed E-state index contributed by atoms with van der Waals surface area (Å²) in [5.41, 5.74) is 1.14. The van der Waals surface area contributed by atoms with E-state index < -0.39 is 0 Å². The molecule has 0 heterocycles. The molecule has 0 bridgehead atoms. The topological polar surface area (TPSA) is 84.5 Å². The number of nitrogens with one attached hydrogen (secondary N) is 2. The minimum Gasteiger partial charge on any atom is -0.466 e. The average Bonchev–Trinajstić information content (AvgIpc) is 2.44. The summed E-state index contributed by atoms with van der Waals surface area (Å²) in [6, 6.07) is 6.59. The van der Waals surface area contributed by atoms with Crippen molar-refractivity contribution in [2.75, 3.05) is 18.5 Å². The lowest BCUT2D eigenvalue weighted by Crippen LogP contribution is -2.25. The fraction of sp³-hybridized carbons (Fsp3) is 0.400. The zero-order valence-corrected chi connectivity index (χ0v) is 12.3. The van der Waals surface area contributed by atoms with Crippen LogP contribution in [0.15, 0.2) is 24.3 Å². The largest absolute Gasteiger partial charge is 0.466 e. The molecule has 0 aliphatic rings. The SMILES string of the molecule is CCOC(=O)CCCNC(=O)c1ccc(NC(C)=O)cc1. The Kier molecular flexibility index (Phi) is 6.94. The Labute approximate surface area is 123 Å². The van der Waals surface area contributed by atoms with E-state index >= 15 is 0 Å². The third kappa shape index (κ3) is 6.56. The summed E-state index contributed by atoms with van der Waals surface area (Å²) < 4.78 is 4.79. The second kappa shape index (κ2) is 8.73. The van der Waals surface area contributed by atoms with E-state index in [1.54, 1.807) is 31.2 Å². The Hall–Kier alpha value is -2.37. The third-order valence-electron chi connectivity index (χ3n) is 2.62. The van der Waals surface area contributed by atoms with Crippen LogP contribution >= 0.6 is 0 Å². The summed E-state index contributed by atoms with van der Waals surface area (Å²) in [7, 11) is 0. The molecule has 0 saturated carbocycles. The molecule has 1 aromatic rings. The van der Waals surface area contributed by atoms with Gasteiger partial charge in [-0.25, -0.2) is 0 Å². The standard InChI is InChI=1S/C15H20N2O4/c1-3-21-14(19)5-4-10-16-15(20)12-6-8-13(9-7-12)17-11(2)18/h6-9H,3-5,10H2,1-2H3,(H,16,20)(H,17,18). The summed E-state index contributed by atoms with van der Waals surface area (Å²) in [6.45, 7) is 3.95. The van der Waals surface area contributed by atoms with Crippen molar-refractivity contribution >= 4 is 23.5 Å². The maximum absolute atomic E-state index is 11.8. The number of ether oxygens (including phenoxy) is 1. The van der Waals surface area contributed by atoms with Crippen molar-refractivity contribution in [2.45, 2.75) is 26.7 Å². The number of hydrogen-bond donors (Lipinski definition) is 2. The summed E-state index contributed by atoms with van der Waals surface area (Å²) in [6.07, 6.45) is 0.824. The van der Waals surface area contributed by atoms with Crippen LogP contribution in [0.4, 0.5) is 5.69 Å². The predicted octanol–water partition coefficient (Wildman–Crippen LogP) is 1.72. The van der Waals surface area contributed by atoms with Gasteiger partial charge >= 0.3 is 5.97 Å². The van der Waals surface area contributed by atoms with Crippen LogP contribution in [0.25, 0.3) is 0 Å². The first-order valence-corrected chi connectivity index (χ1v) is 6.84. The number of anilines is 1. The van der Waals surface area contributed by atoms with Gasteiger partial charge in [0.2, 0.25) is 5.91 Å². The van der Waals surface area contributed by atoms with E-state index in [0.29, 0.717) is 30.8 Å². The molecule has 2 N–H and O–H groups in total.